The molecule has 0 N–H and O–H groups in total. The molecular formula is H5CaCsF2. The molecule has 0 aromatic rings. The summed E-state index contributed by atoms with van der Waals surface area (Å²) in [5.74, 6) is 0. The molecule has 0 amide bonds. The van der Waals surface area contributed by atoms with E-state index in [0.29, 0.717) is 0 Å². The van der Waals surface area contributed by atoms with E-state index >= 15 is 0 Å². The van der Waals surface area contributed by atoms with Crippen LogP contribution in [0.5, 0.6) is 0 Å². The average molecular weight is 216 g/mol. The SMILES string of the molecule is F.F.[CaH2].[CsH]. The fourth-order valence-electron chi connectivity index (χ4n) is 0. The summed E-state index contributed by atoms with van der Waals surface area (Å²) in [7, 11) is 0. The van der Waals surface area contributed by atoms with Gasteiger partial charge in [0, 0.05) is 0 Å². The molecule has 0 radical (unpaired) electrons. The van der Waals surface area contributed by atoms with Crippen molar-refractivity contribution < 1.29 is 9.41 Å². The average Bonchev–Trinajstić information content (AvgIpc) is 0. The van der Waals surface area contributed by atoms with Crippen LogP contribution in [0.1, 0.15) is 0 Å². The molecule has 0 bridgehead atoms. The van der Waals surface area contributed by atoms with Crippen molar-refractivity contribution in [2.24, 2.45) is 0 Å². The summed E-state index contributed by atoms with van der Waals surface area (Å²) in [5.41, 5.74) is 0. The zero-order valence-electron chi connectivity index (χ0n) is 0.816. The molecule has 4 heavy (non-hydrogen) atoms. The molecule has 22 valence electrons. The molecule has 0 aromatic carbocycles. The Morgan fingerprint density at radius 2 is 0.750 bits per heavy atom. The van der Waals surface area contributed by atoms with E-state index in [-0.39, 0.29) is 116 Å². The third-order valence-electron chi connectivity index (χ3n) is 0. The summed E-state index contributed by atoms with van der Waals surface area (Å²) in [6, 6.07) is 0. The second kappa shape index (κ2) is 16.4. The number of rotatable bonds is 0. The van der Waals surface area contributed by atoms with Crippen molar-refractivity contribution in [3.05, 3.63) is 0 Å². The van der Waals surface area contributed by atoms with Gasteiger partial charge < -0.3 is 0 Å². The molecule has 0 fully saturated rings. The molecule has 0 aromatic heterocycles. The van der Waals surface area contributed by atoms with E-state index in [2.05, 4.69) is 0 Å². The Balaban J connectivity index is 0. The van der Waals surface area contributed by atoms with Gasteiger partial charge in [-0.1, -0.05) is 0 Å². The first kappa shape index (κ1) is 27.2. The van der Waals surface area contributed by atoms with Crippen LogP contribution in [-0.4, -0.2) is 107 Å². The molecule has 0 saturated heterocycles. The molecule has 0 unspecified atom stereocenters. The van der Waals surface area contributed by atoms with Gasteiger partial charge in [0.25, 0.3) is 0 Å². The molecule has 0 aliphatic rings. The van der Waals surface area contributed by atoms with E-state index in [1.165, 1.54) is 0 Å². The van der Waals surface area contributed by atoms with E-state index in [9.17, 15) is 0 Å². The number of hydrogen-bond acceptors (Lipinski definition) is 0. The van der Waals surface area contributed by atoms with Gasteiger partial charge in [0.15, 0.2) is 0 Å². The molecule has 0 heterocycles. The summed E-state index contributed by atoms with van der Waals surface area (Å²) in [4.78, 5) is 0. The van der Waals surface area contributed by atoms with Crippen molar-refractivity contribution in [1.82, 2.24) is 0 Å². The third kappa shape index (κ3) is 8.95. The summed E-state index contributed by atoms with van der Waals surface area (Å²) >= 11 is 0. The summed E-state index contributed by atoms with van der Waals surface area (Å²) in [6.07, 6.45) is 0. The van der Waals surface area contributed by atoms with Crippen LogP contribution in [0.4, 0.5) is 9.41 Å². The van der Waals surface area contributed by atoms with Gasteiger partial charge in [-0.15, -0.1) is 0 Å². The van der Waals surface area contributed by atoms with Crippen molar-refractivity contribution in [1.29, 1.82) is 0 Å². The van der Waals surface area contributed by atoms with Crippen LogP contribution in [0.25, 0.3) is 0 Å². The summed E-state index contributed by atoms with van der Waals surface area (Å²) in [6.45, 7) is 0. The summed E-state index contributed by atoms with van der Waals surface area (Å²) in [5, 5.41) is 0. The van der Waals surface area contributed by atoms with Gasteiger partial charge in [-0.3, -0.25) is 9.41 Å². The first-order chi connectivity index (χ1) is 0. The van der Waals surface area contributed by atoms with E-state index in [4.69, 9.17) is 0 Å². The Hall–Kier alpha value is 3.17. The first-order valence-corrected chi connectivity index (χ1v) is 0. The number of hydrogen-bond donors (Lipinski definition) is 0. The maximum atomic E-state index is 0. The van der Waals surface area contributed by atoms with Gasteiger partial charge in [0.05, 0.1) is 0 Å². The van der Waals surface area contributed by atoms with E-state index in [0.717, 1.165) is 0 Å². The monoisotopic (exact) mass is 216 g/mol. The van der Waals surface area contributed by atoms with Crippen LogP contribution in [-0.2, 0) is 0 Å². The van der Waals surface area contributed by atoms with Gasteiger partial charge >= 0.3 is 107 Å². The minimum absolute atomic E-state index is 0. The second-order valence-electron chi connectivity index (χ2n) is 0. The van der Waals surface area contributed by atoms with Crippen LogP contribution in [0.3, 0.4) is 0 Å². The van der Waals surface area contributed by atoms with Crippen LogP contribution in [0.2, 0.25) is 0 Å². The minimum atomic E-state index is 0. The topological polar surface area (TPSA) is 0 Å². The Labute approximate surface area is 112 Å². The molecule has 0 rings (SSSR count). The molecular weight excluding hydrogens is 211 g/mol. The third-order valence-corrected chi connectivity index (χ3v) is 0. The first-order valence-electron chi connectivity index (χ1n) is 0. The molecule has 0 aliphatic carbocycles. The van der Waals surface area contributed by atoms with Gasteiger partial charge in [0.1, 0.15) is 0 Å². The van der Waals surface area contributed by atoms with Gasteiger partial charge in [-0.05, 0) is 0 Å². The Morgan fingerprint density at radius 3 is 0.750 bits per heavy atom. The molecule has 0 nitrogen and oxygen atoms in total. The van der Waals surface area contributed by atoms with Crippen LogP contribution >= 0.6 is 0 Å². The van der Waals surface area contributed by atoms with Crippen molar-refractivity contribution in [2.45, 2.75) is 0 Å². The van der Waals surface area contributed by atoms with Crippen molar-refractivity contribution >= 4 is 107 Å². The van der Waals surface area contributed by atoms with E-state index in [1.807, 2.05) is 0 Å². The van der Waals surface area contributed by atoms with E-state index < -0.39 is 0 Å². The Kier molecular flexibility index (Phi) is 111. The fraction of sp³-hybridized carbons (Fsp3) is 0. The molecule has 0 atom stereocenters. The van der Waals surface area contributed by atoms with Crippen LogP contribution in [0, 0.1) is 0 Å². The zero-order chi connectivity index (χ0) is 0. The second-order valence-corrected chi connectivity index (χ2v) is 0. The van der Waals surface area contributed by atoms with Crippen LogP contribution in [0.15, 0.2) is 0 Å². The van der Waals surface area contributed by atoms with Gasteiger partial charge in [-0.2, -0.15) is 0 Å². The van der Waals surface area contributed by atoms with Crippen molar-refractivity contribution in [3.8, 4) is 0 Å². The maximum absolute atomic E-state index is 0. The fourth-order valence-corrected chi connectivity index (χ4v) is 0. The van der Waals surface area contributed by atoms with Gasteiger partial charge in [0.2, 0.25) is 0 Å². The quantitative estimate of drug-likeness (QED) is 0.443. The number of halogens is 2. The Morgan fingerprint density at radius 1 is 0.750 bits per heavy atom. The molecule has 0 saturated carbocycles. The van der Waals surface area contributed by atoms with Crippen molar-refractivity contribution in [2.75, 3.05) is 0 Å². The normalized spacial score (nSPS) is 0. The Bertz CT molecular complexity index is 6.00. The predicted molar refractivity (Wildman–Crippen MR) is 20.7 cm³/mol. The van der Waals surface area contributed by atoms with Crippen molar-refractivity contribution in [3.63, 3.8) is 0 Å². The summed E-state index contributed by atoms with van der Waals surface area (Å²) < 4.78 is 0. The molecule has 4 heteroatoms. The zero-order valence-corrected chi connectivity index (χ0v) is 0.816. The predicted octanol–water partition coefficient (Wildman–Crippen LogP) is -1.26. The molecule has 0 spiro atoms. The van der Waals surface area contributed by atoms with Crippen LogP contribution < -0.4 is 0 Å². The van der Waals surface area contributed by atoms with E-state index in [1.54, 1.807) is 0 Å². The van der Waals surface area contributed by atoms with Gasteiger partial charge in [-0.25, -0.2) is 0 Å². The standard InChI is InChI=1S/Ca.Cs.2FH.3H/h;;2*1H;;;. The molecule has 0 aliphatic heterocycles.